The Balaban J connectivity index is 1.90. The molecule has 1 heterocycles. The summed E-state index contributed by atoms with van der Waals surface area (Å²) in [5.41, 5.74) is 5.36. The van der Waals surface area contributed by atoms with Gasteiger partial charge in [-0.3, -0.25) is 9.59 Å². The number of rotatable bonds is 5. The lowest BCUT2D eigenvalue weighted by Gasteiger charge is -2.16. The highest BCUT2D eigenvalue weighted by molar-refractivity contribution is 5.93. The smallest absolute Gasteiger partial charge is 0.267 e. The summed E-state index contributed by atoms with van der Waals surface area (Å²) in [5, 5.41) is 7.37. The number of amides is 1. The molecule has 0 saturated heterocycles. The van der Waals surface area contributed by atoms with Crippen LogP contribution in [0.4, 0.5) is 5.69 Å². The molecular formula is C23H25N3O2. The monoisotopic (exact) mass is 375 g/mol. The highest BCUT2D eigenvalue weighted by Gasteiger charge is 2.18. The molecule has 1 unspecified atom stereocenters. The van der Waals surface area contributed by atoms with E-state index in [0.29, 0.717) is 5.69 Å². The summed E-state index contributed by atoms with van der Waals surface area (Å²) in [5.74, 6) is -0.277. The van der Waals surface area contributed by atoms with Crippen LogP contribution in [0.15, 0.2) is 59.4 Å². The average Bonchev–Trinajstić information content (AvgIpc) is 2.70. The second-order valence-corrected chi connectivity index (χ2v) is 7.04. The maximum atomic E-state index is 12.7. The number of carbonyl (C=O) groups is 1. The van der Waals surface area contributed by atoms with E-state index < -0.39 is 6.04 Å². The second kappa shape index (κ2) is 8.21. The molecular weight excluding hydrogens is 350 g/mol. The summed E-state index contributed by atoms with van der Waals surface area (Å²) in [6.45, 7) is 7.76. The predicted molar refractivity (Wildman–Crippen MR) is 113 cm³/mol. The molecule has 0 bridgehead atoms. The van der Waals surface area contributed by atoms with Crippen LogP contribution in [0.3, 0.4) is 0 Å². The van der Waals surface area contributed by atoms with Gasteiger partial charge >= 0.3 is 0 Å². The van der Waals surface area contributed by atoms with Crippen LogP contribution < -0.4 is 10.9 Å². The molecule has 1 atom stereocenters. The Morgan fingerprint density at radius 3 is 2.64 bits per heavy atom. The lowest BCUT2D eigenvalue weighted by molar-refractivity contribution is -0.119. The quantitative estimate of drug-likeness (QED) is 0.723. The van der Waals surface area contributed by atoms with Crippen LogP contribution in [0.25, 0.3) is 11.3 Å². The first-order valence-electron chi connectivity index (χ1n) is 9.46. The Morgan fingerprint density at radius 2 is 1.89 bits per heavy atom. The molecule has 1 aromatic heterocycles. The number of nitrogens with one attached hydrogen (secondary N) is 1. The van der Waals surface area contributed by atoms with Crippen molar-refractivity contribution in [2.24, 2.45) is 0 Å². The number of nitrogens with zero attached hydrogens (tertiary/aromatic N) is 2. The van der Waals surface area contributed by atoms with E-state index in [-0.39, 0.29) is 11.5 Å². The third-order valence-corrected chi connectivity index (χ3v) is 4.84. The number of aryl methyl sites for hydroxylation is 3. The van der Waals surface area contributed by atoms with Crippen LogP contribution >= 0.6 is 0 Å². The maximum absolute atomic E-state index is 12.7. The third-order valence-electron chi connectivity index (χ3n) is 4.84. The number of hydrogen-bond acceptors (Lipinski definition) is 3. The minimum atomic E-state index is -0.733. The van der Waals surface area contributed by atoms with Crippen molar-refractivity contribution >= 4 is 11.6 Å². The minimum Gasteiger partial charge on any atom is -0.324 e. The van der Waals surface area contributed by atoms with Crippen molar-refractivity contribution in [1.29, 1.82) is 0 Å². The van der Waals surface area contributed by atoms with Crippen molar-refractivity contribution in [3.63, 3.8) is 0 Å². The summed E-state index contributed by atoms with van der Waals surface area (Å²) < 4.78 is 1.25. The summed E-state index contributed by atoms with van der Waals surface area (Å²) in [7, 11) is 0. The van der Waals surface area contributed by atoms with Crippen molar-refractivity contribution < 1.29 is 4.79 Å². The van der Waals surface area contributed by atoms with E-state index in [1.807, 2.05) is 56.3 Å². The fraction of sp³-hybridized carbons (Fsp3) is 0.261. The van der Waals surface area contributed by atoms with Crippen LogP contribution in [0, 0.1) is 13.8 Å². The Bertz CT molecular complexity index is 1070. The molecule has 5 heteroatoms. The molecule has 1 N–H and O–H groups in total. The zero-order chi connectivity index (χ0) is 20.3. The van der Waals surface area contributed by atoms with Gasteiger partial charge in [-0.1, -0.05) is 36.8 Å². The maximum Gasteiger partial charge on any atom is 0.267 e. The SMILES string of the molecule is CCc1cccc(NC(=O)C(C)n2nc(-c3cc(C)ccc3C)ccc2=O)c1. The van der Waals surface area contributed by atoms with Gasteiger partial charge in [0.2, 0.25) is 5.91 Å². The predicted octanol–water partition coefficient (Wildman–Crippen LogP) is 4.29. The van der Waals surface area contributed by atoms with E-state index >= 15 is 0 Å². The van der Waals surface area contributed by atoms with E-state index in [9.17, 15) is 9.59 Å². The average molecular weight is 375 g/mol. The first kappa shape index (κ1) is 19.5. The Kier molecular flexibility index (Phi) is 5.73. The van der Waals surface area contributed by atoms with Crippen molar-refractivity contribution in [1.82, 2.24) is 9.78 Å². The summed E-state index contributed by atoms with van der Waals surface area (Å²) in [6, 6.07) is 16.2. The van der Waals surface area contributed by atoms with Crippen molar-refractivity contribution in [2.45, 2.75) is 40.2 Å². The molecule has 3 aromatic rings. The Hall–Kier alpha value is -3.21. The Labute approximate surface area is 165 Å². The van der Waals surface area contributed by atoms with E-state index in [0.717, 1.165) is 34.4 Å². The molecule has 0 radical (unpaired) electrons. The largest absolute Gasteiger partial charge is 0.324 e. The summed E-state index contributed by atoms with van der Waals surface area (Å²) in [4.78, 5) is 25.1. The molecule has 144 valence electrons. The fourth-order valence-electron chi connectivity index (χ4n) is 3.08. The normalized spacial score (nSPS) is 11.9. The fourth-order valence-corrected chi connectivity index (χ4v) is 3.08. The van der Waals surface area contributed by atoms with E-state index in [1.165, 1.54) is 10.7 Å². The number of aromatic nitrogens is 2. The van der Waals surface area contributed by atoms with Gasteiger partial charge in [-0.2, -0.15) is 5.10 Å². The van der Waals surface area contributed by atoms with Gasteiger partial charge in [0.1, 0.15) is 6.04 Å². The van der Waals surface area contributed by atoms with Crippen molar-refractivity contribution in [3.05, 3.63) is 81.6 Å². The van der Waals surface area contributed by atoms with Gasteiger partial charge in [-0.25, -0.2) is 4.68 Å². The van der Waals surface area contributed by atoms with Crippen LogP contribution in [0.1, 0.15) is 36.6 Å². The Morgan fingerprint density at radius 1 is 1.11 bits per heavy atom. The van der Waals surface area contributed by atoms with Gasteiger partial charge < -0.3 is 5.32 Å². The number of anilines is 1. The summed E-state index contributed by atoms with van der Waals surface area (Å²) in [6.07, 6.45) is 0.887. The van der Waals surface area contributed by atoms with E-state index in [1.54, 1.807) is 13.0 Å². The third kappa shape index (κ3) is 4.19. The molecule has 28 heavy (non-hydrogen) atoms. The molecule has 0 saturated carbocycles. The minimum absolute atomic E-state index is 0.277. The second-order valence-electron chi connectivity index (χ2n) is 7.04. The topological polar surface area (TPSA) is 64.0 Å². The molecule has 0 fully saturated rings. The lowest BCUT2D eigenvalue weighted by atomic mass is 10.0. The van der Waals surface area contributed by atoms with Crippen molar-refractivity contribution in [2.75, 3.05) is 5.32 Å². The van der Waals surface area contributed by atoms with Crippen molar-refractivity contribution in [3.8, 4) is 11.3 Å². The first-order valence-corrected chi connectivity index (χ1v) is 9.46. The first-order chi connectivity index (χ1) is 13.4. The zero-order valence-electron chi connectivity index (χ0n) is 16.7. The molecule has 5 nitrogen and oxygen atoms in total. The van der Waals surface area contributed by atoms with Crippen LogP contribution in [0.2, 0.25) is 0 Å². The molecule has 0 aliphatic rings. The molecule has 2 aromatic carbocycles. The van der Waals surface area contributed by atoms with E-state index in [2.05, 4.69) is 17.3 Å². The molecule has 0 aliphatic carbocycles. The highest BCUT2D eigenvalue weighted by Crippen LogP contribution is 2.22. The standard InChI is InChI=1S/C23H25N3O2/c1-5-18-7-6-8-19(14-18)24-23(28)17(4)26-22(27)12-11-21(25-26)20-13-15(2)9-10-16(20)3/h6-14,17H,5H2,1-4H3,(H,24,28). The number of carbonyl (C=O) groups excluding carboxylic acids is 1. The summed E-state index contributed by atoms with van der Waals surface area (Å²) >= 11 is 0. The van der Waals surface area contributed by atoms with Gasteiger partial charge in [0.05, 0.1) is 5.69 Å². The molecule has 0 aliphatic heterocycles. The number of hydrogen-bond donors (Lipinski definition) is 1. The molecule has 3 rings (SSSR count). The van der Waals surface area contributed by atoms with E-state index in [4.69, 9.17) is 0 Å². The lowest BCUT2D eigenvalue weighted by Crippen LogP contribution is -2.33. The van der Waals surface area contributed by atoms with Crippen LogP contribution in [-0.4, -0.2) is 15.7 Å². The van der Waals surface area contributed by atoms with Gasteiger partial charge in [0, 0.05) is 17.3 Å². The molecule has 1 amide bonds. The highest BCUT2D eigenvalue weighted by atomic mass is 16.2. The molecule has 0 spiro atoms. The van der Waals surface area contributed by atoms with Gasteiger partial charge in [0.15, 0.2) is 0 Å². The van der Waals surface area contributed by atoms with Crippen LogP contribution in [-0.2, 0) is 11.2 Å². The number of benzene rings is 2. The van der Waals surface area contributed by atoms with Gasteiger partial charge in [-0.05, 0) is 62.6 Å². The van der Waals surface area contributed by atoms with Gasteiger partial charge in [0.25, 0.3) is 5.56 Å². The van der Waals surface area contributed by atoms with Gasteiger partial charge in [-0.15, -0.1) is 0 Å². The van der Waals surface area contributed by atoms with Crippen LogP contribution in [0.5, 0.6) is 0 Å². The zero-order valence-corrected chi connectivity index (χ0v) is 16.7.